The van der Waals surface area contributed by atoms with Crippen molar-refractivity contribution in [3.63, 3.8) is 0 Å². The molecule has 0 aliphatic heterocycles. The number of nitrogens with zero attached hydrogens (tertiary/aromatic N) is 2. The van der Waals surface area contributed by atoms with E-state index < -0.39 is 0 Å². The van der Waals surface area contributed by atoms with Crippen molar-refractivity contribution in [2.75, 3.05) is 0 Å². The van der Waals surface area contributed by atoms with Gasteiger partial charge in [-0.05, 0) is 38.1 Å². The number of thiophene rings is 2. The van der Waals surface area contributed by atoms with E-state index in [-0.39, 0.29) is 24.7 Å². The summed E-state index contributed by atoms with van der Waals surface area (Å²) in [6, 6.07) is 7.82. The molecule has 6 nitrogen and oxygen atoms in total. The summed E-state index contributed by atoms with van der Waals surface area (Å²) in [5, 5.41) is 7.73. The Morgan fingerprint density at radius 3 is 1.62 bits per heavy atom. The monoisotopic (exact) mass is 362 g/mol. The van der Waals surface area contributed by atoms with Crippen molar-refractivity contribution in [3.05, 3.63) is 43.8 Å². The predicted molar refractivity (Wildman–Crippen MR) is 98.8 cm³/mol. The topological polar surface area (TPSA) is 82.9 Å². The van der Waals surface area contributed by atoms with Crippen molar-refractivity contribution in [2.24, 2.45) is 10.2 Å². The molecule has 0 saturated carbocycles. The molecule has 0 atom stereocenters. The van der Waals surface area contributed by atoms with E-state index in [1.165, 1.54) is 9.75 Å². The van der Waals surface area contributed by atoms with Gasteiger partial charge in [0, 0.05) is 32.4 Å². The lowest BCUT2D eigenvalue weighted by atomic mass is 10.3. The van der Waals surface area contributed by atoms with Crippen LogP contribution >= 0.6 is 22.7 Å². The van der Waals surface area contributed by atoms with E-state index in [0.29, 0.717) is 0 Å². The number of aryl methyl sites for hydroxylation is 2. The average Bonchev–Trinajstić information content (AvgIpc) is 3.14. The van der Waals surface area contributed by atoms with Gasteiger partial charge < -0.3 is 0 Å². The van der Waals surface area contributed by atoms with E-state index in [2.05, 4.69) is 21.1 Å². The van der Waals surface area contributed by atoms with Crippen molar-refractivity contribution in [1.29, 1.82) is 0 Å². The minimum absolute atomic E-state index is 0.0558. The number of rotatable bonds is 7. The van der Waals surface area contributed by atoms with Gasteiger partial charge in [-0.1, -0.05) is 0 Å². The molecule has 0 saturated heterocycles. The second-order valence-electron chi connectivity index (χ2n) is 4.98. The minimum atomic E-state index is -0.312. The number of carbonyl (C=O) groups excluding carboxylic acids is 2. The summed E-state index contributed by atoms with van der Waals surface area (Å²) in [6.07, 6.45) is 3.28. The fourth-order valence-electron chi connectivity index (χ4n) is 1.72. The first-order valence-electron chi connectivity index (χ1n) is 7.29. The molecule has 0 radical (unpaired) electrons. The molecule has 0 spiro atoms. The first-order valence-corrected chi connectivity index (χ1v) is 8.93. The van der Waals surface area contributed by atoms with Crippen LogP contribution in [0.1, 0.15) is 32.4 Å². The highest BCUT2D eigenvalue weighted by Crippen LogP contribution is 2.12. The molecule has 2 N–H and O–H groups in total. The molecular formula is C16H18N4O2S2. The summed E-state index contributed by atoms with van der Waals surface area (Å²) >= 11 is 3.17. The Hall–Kier alpha value is -2.32. The molecule has 2 amide bonds. The first-order chi connectivity index (χ1) is 11.5. The van der Waals surface area contributed by atoms with E-state index >= 15 is 0 Å². The number of carbonyl (C=O) groups is 2. The molecule has 0 aromatic carbocycles. The quantitative estimate of drug-likeness (QED) is 0.586. The first kappa shape index (κ1) is 18.0. The predicted octanol–water partition coefficient (Wildman–Crippen LogP) is 2.81. The van der Waals surface area contributed by atoms with Gasteiger partial charge in [0.1, 0.15) is 0 Å². The molecule has 24 heavy (non-hydrogen) atoms. The van der Waals surface area contributed by atoms with Crippen LogP contribution in [0.2, 0.25) is 0 Å². The zero-order valence-electron chi connectivity index (χ0n) is 13.4. The van der Waals surface area contributed by atoms with Crippen LogP contribution in [-0.4, -0.2) is 24.2 Å². The SMILES string of the molecule is Cc1ccc(/C=N\NC(=O)CCC(=O)N/N=C\c2ccc(C)s2)s1. The van der Waals surface area contributed by atoms with Crippen molar-refractivity contribution < 1.29 is 9.59 Å². The Morgan fingerprint density at radius 1 is 0.875 bits per heavy atom. The maximum atomic E-state index is 11.6. The molecule has 2 aromatic heterocycles. The van der Waals surface area contributed by atoms with Gasteiger partial charge in [-0.2, -0.15) is 10.2 Å². The van der Waals surface area contributed by atoms with Crippen LogP contribution in [0.15, 0.2) is 34.5 Å². The van der Waals surface area contributed by atoms with Gasteiger partial charge in [0.25, 0.3) is 0 Å². The summed E-state index contributed by atoms with van der Waals surface area (Å²) in [4.78, 5) is 27.5. The number of amides is 2. The number of hydrogen-bond donors (Lipinski definition) is 2. The summed E-state index contributed by atoms with van der Waals surface area (Å²) in [6.45, 7) is 4.00. The van der Waals surface area contributed by atoms with Crippen molar-refractivity contribution >= 4 is 46.9 Å². The molecule has 0 bridgehead atoms. The summed E-state index contributed by atoms with van der Waals surface area (Å²) in [7, 11) is 0. The lowest BCUT2D eigenvalue weighted by Gasteiger charge is -1.99. The van der Waals surface area contributed by atoms with Gasteiger partial charge in [-0.15, -0.1) is 22.7 Å². The van der Waals surface area contributed by atoms with E-state index in [1.807, 2.05) is 38.1 Å². The third-order valence-corrected chi connectivity index (χ3v) is 4.73. The van der Waals surface area contributed by atoms with E-state index in [9.17, 15) is 9.59 Å². The largest absolute Gasteiger partial charge is 0.273 e. The molecule has 8 heteroatoms. The minimum Gasteiger partial charge on any atom is -0.273 e. The average molecular weight is 362 g/mol. The van der Waals surface area contributed by atoms with E-state index in [4.69, 9.17) is 0 Å². The summed E-state index contributed by atoms with van der Waals surface area (Å²) < 4.78 is 0. The second kappa shape index (κ2) is 9.09. The van der Waals surface area contributed by atoms with Crippen molar-refractivity contribution in [3.8, 4) is 0 Å². The highest BCUT2D eigenvalue weighted by molar-refractivity contribution is 7.13. The Labute approximate surface area is 148 Å². The third kappa shape index (κ3) is 6.43. The Bertz CT molecular complexity index is 697. The third-order valence-electron chi connectivity index (χ3n) is 2.86. The smallest absolute Gasteiger partial charge is 0.240 e. The Balaban J connectivity index is 1.64. The number of nitrogens with one attached hydrogen (secondary N) is 2. The maximum Gasteiger partial charge on any atom is 0.240 e. The zero-order chi connectivity index (χ0) is 17.4. The highest BCUT2D eigenvalue weighted by atomic mass is 32.1. The fourth-order valence-corrected chi connectivity index (χ4v) is 3.22. The van der Waals surface area contributed by atoms with Crippen molar-refractivity contribution in [1.82, 2.24) is 10.9 Å². The van der Waals surface area contributed by atoms with Crippen LogP contribution in [0.5, 0.6) is 0 Å². The van der Waals surface area contributed by atoms with Crippen LogP contribution in [0.25, 0.3) is 0 Å². The van der Waals surface area contributed by atoms with Gasteiger partial charge >= 0.3 is 0 Å². The Morgan fingerprint density at radius 2 is 1.29 bits per heavy atom. The normalized spacial score (nSPS) is 11.2. The van der Waals surface area contributed by atoms with E-state index in [1.54, 1.807) is 35.1 Å². The standard InChI is InChI=1S/C16H18N4O2S2/c1-11-3-5-13(23-11)9-17-19-15(21)7-8-16(22)20-18-10-14-6-4-12(2)24-14/h3-6,9-10H,7-8H2,1-2H3,(H,19,21)(H,20,22)/b17-9-,18-10-. The molecule has 0 fully saturated rings. The Kier molecular flexibility index (Phi) is 6.83. The molecule has 2 heterocycles. The van der Waals surface area contributed by atoms with Crippen molar-refractivity contribution in [2.45, 2.75) is 26.7 Å². The zero-order valence-corrected chi connectivity index (χ0v) is 15.0. The molecule has 2 aromatic rings. The molecule has 126 valence electrons. The molecule has 2 rings (SSSR count). The van der Waals surface area contributed by atoms with E-state index in [0.717, 1.165) is 9.75 Å². The van der Waals surface area contributed by atoms with Gasteiger partial charge in [0.15, 0.2) is 0 Å². The highest BCUT2D eigenvalue weighted by Gasteiger charge is 2.05. The van der Waals surface area contributed by atoms with Gasteiger partial charge in [0.05, 0.1) is 12.4 Å². The number of hydrazone groups is 2. The van der Waals surface area contributed by atoms with Crippen LogP contribution in [0.4, 0.5) is 0 Å². The lowest BCUT2D eigenvalue weighted by molar-refractivity contribution is -0.126. The van der Waals surface area contributed by atoms with Gasteiger partial charge in [-0.25, -0.2) is 10.9 Å². The second-order valence-corrected chi connectivity index (χ2v) is 7.62. The van der Waals surface area contributed by atoms with Gasteiger partial charge in [-0.3, -0.25) is 9.59 Å². The fraction of sp³-hybridized carbons (Fsp3) is 0.250. The molecular weight excluding hydrogens is 344 g/mol. The lowest BCUT2D eigenvalue weighted by Crippen LogP contribution is -2.22. The molecule has 0 aliphatic carbocycles. The molecule has 0 unspecified atom stereocenters. The summed E-state index contributed by atoms with van der Waals surface area (Å²) in [5.74, 6) is -0.625. The number of hydrogen-bond acceptors (Lipinski definition) is 6. The van der Waals surface area contributed by atoms with Crippen LogP contribution in [0, 0.1) is 13.8 Å². The van der Waals surface area contributed by atoms with Gasteiger partial charge in [0.2, 0.25) is 11.8 Å². The maximum absolute atomic E-state index is 11.6. The van der Waals surface area contributed by atoms with Crippen LogP contribution in [0.3, 0.4) is 0 Å². The summed E-state index contributed by atoms with van der Waals surface area (Å²) in [5.41, 5.74) is 4.80. The van der Waals surface area contributed by atoms with Crippen LogP contribution in [-0.2, 0) is 9.59 Å². The van der Waals surface area contributed by atoms with Crippen LogP contribution < -0.4 is 10.9 Å². The molecule has 0 aliphatic rings.